The number of benzene rings is 1. The molecule has 0 N–H and O–H groups in total. The summed E-state index contributed by atoms with van der Waals surface area (Å²) in [6.45, 7) is 0.358. The highest BCUT2D eigenvalue weighted by atomic mass is 16.2. The van der Waals surface area contributed by atoms with Gasteiger partial charge in [0.1, 0.15) is 6.54 Å². The molecule has 5 heteroatoms. The molecule has 20 heavy (non-hydrogen) atoms. The number of carbonyl (C=O) groups is 1. The number of carbonyl (C=O) groups excluding carboxylic acids is 1. The van der Waals surface area contributed by atoms with E-state index in [2.05, 4.69) is 0 Å². The van der Waals surface area contributed by atoms with Crippen LogP contribution in [0.15, 0.2) is 41.2 Å². The van der Waals surface area contributed by atoms with Gasteiger partial charge in [-0.2, -0.15) is 5.26 Å². The Morgan fingerprint density at radius 3 is 2.80 bits per heavy atom. The lowest BCUT2D eigenvalue weighted by Gasteiger charge is -2.17. The van der Waals surface area contributed by atoms with E-state index in [4.69, 9.17) is 5.26 Å². The molecule has 1 amide bonds. The first-order valence-electron chi connectivity index (χ1n) is 6.33. The number of rotatable bonds is 4. The number of amides is 1. The molecule has 0 atom stereocenters. The monoisotopic (exact) mass is 269 g/mol. The first-order chi connectivity index (χ1) is 9.63. The standard InChI is InChI=1S/C15H15N3O2/c1-17(10-4-9-16)15(20)11-18-13-6-3-2-5-12(13)7-8-14(18)19/h2-3,5-8H,4,10-11H2,1H3. The van der Waals surface area contributed by atoms with E-state index in [-0.39, 0.29) is 24.4 Å². The number of nitriles is 1. The van der Waals surface area contributed by atoms with Crippen LogP contribution in [-0.4, -0.2) is 29.0 Å². The van der Waals surface area contributed by atoms with Crippen LogP contribution in [0.1, 0.15) is 6.42 Å². The van der Waals surface area contributed by atoms with Crippen LogP contribution >= 0.6 is 0 Å². The summed E-state index contributed by atoms with van der Waals surface area (Å²) in [6.07, 6.45) is 0.284. The van der Waals surface area contributed by atoms with Crippen molar-refractivity contribution in [2.75, 3.05) is 13.6 Å². The van der Waals surface area contributed by atoms with Crippen molar-refractivity contribution in [3.05, 3.63) is 46.8 Å². The second-order valence-corrected chi connectivity index (χ2v) is 4.54. The number of para-hydroxylation sites is 1. The summed E-state index contributed by atoms with van der Waals surface area (Å²) in [5, 5.41) is 9.45. The maximum absolute atomic E-state index is 12.1. The molecule has 0 aliphatic rings. The fourth-order valence-corrected chi connectivity index (χ4v) is 2.01. The third kappa shape index (κ3) is 2.86. The van der Waals surface area contributed by atoms with Crippen molar-refractivity contribution >= 4 is 16.8 Å². The molecule has 0 bridgehead atoms. The van der Waals surface area contributed by atoms with Gasteiger partial charge < -0.3 is 4.90 Å². The molecule has 0 spiro atoms. The zero-order valence-corrected chi connectivity index (χ0v) is 11.2. The normalized spacial score (nSPS) is 10.2. The maximum Gasteiger partial charge on any atom is 0.251 e. The highest BCUT2D eigenvalue weighted by molar-refractivity contribution is 5.82. The molecule has 0 unspecified atom stereocenters. The molecular formula is C15H15N3O2. The van der Waals surface area contributed by atoms with Crippen molar-refractivity contribution in [1.82, 2.24) is 9.47 Å². The first-order valence-corrected chi connectivity index (χ1v) is 6.33. The van der Waals surface area contributed by atoms with E-state index in [0.717, 1.165) is 10.9 Å². The van der Waals surface area contributed by atoms with Gasteiger partial charge >= 0.3 is 0 Å². The van der Waals surface area contributed by atoms with Crippen molar-refractivity contribution in [2.45, 2.75) is 13.0 Å². The van der Waals surface area contributed by atoms with Gasteiger partial charge in [-0.05, 0) is 17.5 Å². The highest BCUT2D eigenvalue weighted by Crippen LogP contribution is 2.11. The minimum Gasteiger partial charge on any atom is -0.343 e. The molecule has 1 aromatic heterocycles. The molecule has 0 aliphatic heterocycles. The first kappa shape index (κ1) is 13.8. The van der Waals surface area contributed by atoms with E-state index in [1.165, 1.54) is 15.5 Å². The van der Waals surface area contributed by atoms with Gasteiger partial charge in [-0.15, -0.1) is 0 Å². The molecular weight excluding hydrogens is 254 g/mol. The predicted octanol–water partition coefficient (Wildman–Crippen LogP) is 1.37. The number of hydrogen-bond acceptors (Lipinski definition) is 3. The summed E-state index contributed by atoms with van der Waals surface area (Å²) in [6, 6.07) is 12.6. The summed E-state index contributed by atoms with van der Waals surface area (Å²) >= 11 is 0. The molecule has 2 rings (SSSR count). The van der Waals surface area contributed by atoms with Crippen LogP contribution in [0.2, 0.25) is 0 Å². The topological polar surface area (TPSA) is 66.1 Å². The molecule has 2 aromatic rings. The van der Waals surface area contributed by atoms with Crippen molar-refractivity contribution in [2.24, 2.45) is 0 Å². The summed E-state index contributed by atoms with van der Waals surface area (Å²) in [7, 11) is 1.63. The Hall–Kier alpha value is -2.61. The van der Waals surface area contributed by atoms with E-state index < -0.39 is 0 Å². The van der Waals surface area contributed by atoms with Gasteiger partial charge in [0.25, 0.3) is 5.56 Å². The lowest BCUT2D eigenvalue weighted by molar-refractivity contribution is -0.130. The SMILES string of the molecule is CN(CCC#N)C(=O)Cn1c(=O)ccc2ccccc21. The zero-order valence-electron chi connectivity index (χ0n) is 11.2. The molecule has 0 fully saturated rings. The van der Waals surface area contributed by atoms with Crippen molar-refractivity contribution in [3.63, 3.8) is 0 Å². The molecule has 5 nitrogen and oxygen atoms in total. The van der Waals surface area contributed by atoms with E-state index in [9.17, 15) is 9.59 Å². The minimum absolute atomic E-state index is 0.0118. The largest absolute Gasteiger partial charge is 0.343 e. The molecule has 0 saturated heterocycles. The average molecular weight is 269 g/mol. The lowest BCUT2D eigenvalue weighted by atomic mass is 10.2. The van der Waals surface area contributed by atoms with Crippen LogP contribution in [0.3, 0.4) is 0 Å². The Bertz CT molecular complexity index is 728. The van der Waals surface area contributed by atoms with Crippen molar-refractivity contribution in [3.8, 4) is 6.07 Å². The van der Waals surface area contributed by atoms with Gasteiger partial charge in [-0.25, -0.2) is 0 Å². The van der Waals surface area contributed by atoms with Crippen molar-refractivity contribution < 1.29 is 4.79 Å². The molecule has 102 valence electrons. The number of hydrogen-bond donors (Lipinski definition) is 0. The Labute approximate surface area is 116 Å². The van der Waals surface area contributed by atoms with Crippen LogP contribution in [0, 0.1) is 11.3 Å². The number of nitrogens with zero attached hydrogens (tertiary/aromatic N) is 3. The van der Waals surface area contributed by atoms with Crippen LogP contribution in [-0.2, 0) is 11.3 Å². The molecule has 0 radical (unpaired) electrons. The summed E-state index contributed by atoms with van der Waals surface area (Å²) < 4.78 is 1.46. The maximum atomic E-state index is 12.1. The van der Waals surface area contributed by atoms with Gasteiger partial charge in [0, 0.05) is 19.7 Å². The van der Waals surface area contributed by atoms with E-state index in [0.29, 0.717) is 6.54 Å². The molecule has 1 heterocycles. The second kappa shape index (κ2) is 6.02. The summed E-state index contributed by atoms with van der Waals surface area (Å²) in [4.78, 5) is 25.5. The van der Waals surface area contributed by atoms with Gasteiger partial charge in [-0.1, -0.05) is 18.2 Å². The third-order valence-electron chi connectivity index (χ3n) is 3.18. The van der Waals surface area contributed by atoms with E-state index in [1.54, 1.807) is 13.1 Å². The number of aromatic nitrogens is 1. The Balaban J connectivity index is 2.30. The fraction of sp³-hybridized carbons (Fsp3) is 0.267. The molecule has 0 aliphatic carbocycles. The minimum atomic E-state index is -0.203. The average Bonchev–Trinajstić information content (AvgIpc) is 2.47. The van der Waals surface area contributed by atoms with Crippen molar-refractivity contribution in [1.29, 1.82) is 5.26 Å². The van der Waals surface area contributed by atoms with Crippen LogP contribution in [0.4, 0.5) is 0 Å². The Kier molecular flexibility index (Phi) is 4.16. The van der Waals surface area contributed by atoms with Gasteiger partial charge in [-0.3, -0.25) is 14.2 Å². The number of likely N-dealkylation sites (N-methyl/N-ethyl adjacent to an activating group) is 1. The molecule has 1 aromatic carbocycles. The Morgan fingerprint density at radius 1 is 1.30 bits per heavy atom. The van der Waals surface area contributed by atoms with Crippen LogP contribution in [0.25, 0.3) is 10.9 Å². The number of pyridine rings is 1. The quantitative estimate of drug-likeness (QED) is 0.842. The summed E-state index contributed by atoms with van der Waals surface area (Å²) in [5.41, 5.74) is 0.535. The van der Waals surface area contributed by atoms with Crippen LogP contribution < -0.4 is 5.56 Å². The fourth-order valence-electron chi connectivity index (χ4n) is 2.01. The van der Waals surface area contributed by atoms with E-state index in [1.807, 2.05) is 30.3 Å². The van der Waals surface area contributed by atoms with Gasteiger partial charge in [0.2, 0.25) is 5.91 Å². The third-order valence-corrected chi connectivity index (χ3v) is 3.18. The highest BCUT2D eigenvalue weighted by Gasteiger charge is 2.11. The number of fused-ring (bicyclic) bond motifs is 1. The predicted molar refractivity (Wildman–Crippen MR) is 76.1 cm³/mol. The second-order valence-electron chi connectivity index (χ2n) is 4.54. The van der Waals surface area contributed by atoms with E-state index >= 15 is 0 Å². The zero-order chi connectivity index (χ0) is 14.5. The van der Waals surface area contributed by atoms with Gasteiger partial charge in [0.15, 0.2) is 0 Å². The van der Waals surface area contributed by atoms with Gasteiger partial charge in [0.05, 0.1) is 18.0 Å². The smallest absolute Gasteiger partial charge is 0.251 e. The molecule has 0 saturated carbocycles. The lowest BCUT2D eigenvalue weighted by Crippen LogP contribution is -2.34. The Morgan fingerprint density at radius 2 is 2.05 bits per heavy atom. The van der Waals surface area contributed by atoms with Crippen LogP contribution in [0.5, 0.6) is 0 Å². The summed E-state index contributed by atoms with van der Waals surface area (Å²) in [5.74, 6) is -0.182.